The zero-order valence-corrected chi connectivity index (χ0v) is 11.7. The molecule has 1 aliphatic heterocycles. The summed E-state index contributed by atoms with van der Waals surface area (Å²) in [5.74, 6) is -1.25. The van der Waals surface area contributed by atoms with Crippen molar-refractivity contribution in [3.8, 4) is 0 Å². The van der Waals surface area contributed by atoms with Gasteiger partial charge in [-0.15, -0.1) is 0 Å². The van der Waals surface area contributed by atoms with E-state index in [1.165, 1.54) is 4.90 Å². The Morgan fingerprint density at radius 2 is 2.10 bits per heavy atom. The van der Waals surface area contributed by atoms with Crippen molar-refractivity contribution >= 4 is 29.3 Å². The van der Waals surface area contributed by atoms with E-state index in [4.69, 9.17) is 11.6 Å². The van der Waals surface area contributed by atoms with Gasteiger partial charge in [-0.25, -0.2) is 0 Å². The molecule has 1 atom stereocenters. The van der Waals surface area contributed by atoms with Crippen molar-refractivity contribution in [2.75, 3.05) is 6.54 Å². The van der Waals surface area contributed by atoms with Crippen LogP contribution in [0.5, 0.6) is 0 Å². The van der Waals surface area contributed by atoms with E-state index >= 15 is 0 Å². The van der Waals surface area contributed by atoms with Crippen LogP contribution in [-0.4, -0.2) is 39.8 Å². The van der Waals surface area contributed by atoms with Crippen molar-refractivity contribution < 1.29 is 14.4 Å². The highest BCUT2D eigenvalue weighted by Gasteiger charge is 2.36. The molecule has 1 N–H and O–H groups in total. The van der Waals surface area contributed by atoms with Crippen LogP contribution in [0.2, 0.25) is 5.02 Å². The second kappa shape index (κ2) is 4.63. The number of hydrogen-bond donors (Lipinski definition) is 1. The number of nitrogens with one attached hydrogen (secondary N) is 1. The van der Waals surface area contributed by atoms with E-state index in [0.29, 0.717) is 16.8 Å². The fraction of sp³-hybridized carbons (Fsp3) is 0.462. The van der Waals surface area contributed by atoms with Gasteiger partial charge >= 0.3 is 0 Å². The summed E-state index contributed by atoms with van der Waals surface area (Å²) in [6.45, 7) is 1.49. The van der Waals surface area contributed by atoms with E-state index in [-0.39, 0.29) is 12.5 Å². The van der Waals surface area contributed by atoms with Gasteiger partial charge in [0.25, 0.3) is 5.91 Å². The Hall–Kier alpha value is -1.82. The predicted octanol–water partition coefficient (Wildman–Crippen LogP) is 0.964. The first kappa shape index (κ1) is 13.2. The van der Waals surface area contributed by atoms with Gasteiger partial charge in [0.1, 0.15) is 18.3 Å². The van der Waals surface area contributed by atoms with Crippen molar-refractivity contribution in [2.24, 2.45) is 0 Å². The Kier molecular flexibility index (Phi) is 3.05. The van der Waals surface area contributed by atoms with Crippen LogP contribution in [0.25, 0.3) is 0 Å². The Morgan fingerprint density at radius 1 is 1.40 bits per heavy atom. The third-order valence-electron chi connectivity index (χ3n) is 3.66. The Morgan fingerprint density at radius 3 is 2.75 bits per heavy atom. The number of halogens is 1. The molecule has 1 saturated heterocycles. The van der Waals surface area contributed by atoms with Gasteiger partial charge in [0.15, 0.2) is 0 Å². The highest BCUT2D eigenvalue weighted by molar-refractivity contribution is 6.31. The van der Waals surface area contributed by atoms with Crippen LogP contribution < -0.4 is 5.32 Å². The lowest BCUT2D eigenvalue weighted by molar-refractivity contribution is -0.138. The van der Waals surface area contributed by atoms with Crippen molar-refractivity contribution in [1.82, 2.24) is 14.8 Å². The molecule has 0 radical (unpaired) electrons. The van der Waals surface area contributed by atoms with E-state index in [9.17, 15) is 14.4 Å². The van der Waals surface area contributed by atoms with Crippen molar-refractivity contribution in [3.63, 3.8) is 0 Å². The maximum absolute atomic E-state index is 12.6. The lowest BCUT2D eigenvalue weighted by atomic mass is 10.2. The third-order valence-corrected chi connectivity index (χ3v) is 3.87. The van der Waals surface area contributed by atoms with E-state index in [1.807, 2.05) is 4.57 Å². The minimum atomic E-state index is -0.665. The van der Waals surface area contributed by atoms with Gasteiger partial charge in [0.05, 0.1) is 5.02 Å². The molecular formula is C13H14ClN3O3. The van der Waals surface area contributed by atoms with Gasteiger partial charge < -0.3 is 9.47 Å². The first-order chi connectivity index (χ1) is 9.47. The fourth-order valence-corrected chi connectivity index (χ4v) is 2.59. The van der Waals surface area contributed by atoms with E-state index < -0.39 is 17.9 Å². The minimum absolute atomic E-state index is 0.112. The largest absolute Gasteiger partial charge is 0.339 e. The summed E-state index contributed by atoms with van der Waals surface area (Å²) < 4.78 is 1.84. The van der Waals surface area contributed by atoms with Gasteiger partial charge in [0.2, 0.25) is 11.8 Å². The number of hydrogen-bond acceptors (Lipinski definition) is 3. The summed E-state index contributed by atoms with van der Waals surface area (Å²) in [6, 6.07) is 1.22. The molecule has 106 valence electrons. The topological polar surface area (TPSA) is 71.4 Å². The Labute approximate surface area is 120 Å². The average molecular weight is 296 g/mol. The lowest BCUT2D eigenvalue weighted by Gasteiger charge is -2.31. The number of carbonyl (C=O) groups is 3. The molecule has 3 rings (SSSR count). The van der Waals surface area contributed by atoms with Crippen molar-refractivity contribution in [1.29, 1.82) is 0 Å². The number of amides is 3. The fourth-order valence-electron chi connectivity index (χ4n) is 2.38. The molecule has 20 heavy (non-hydrogen) atoms. The maximum Gasteiger partial charge on any atom is 0.271 e. The van der Waals surface area contributed by atoms with Gasteiger partial charge in [-0.05, 0) is 25.8 Å². The van der Waals surface area contributed by atoms with Gasteiger partial charge in [-0.1, -0.05) is 11.6 Å². The Balaban J connectivity index is 1.91. The summed E-state index contributed by atoms with van der Waals surface area (Å²) in [4.78, 5) is 36.9. The van der Waals surface area contributed by atoms with Crippen molar-refractivity contribution in [2.45, 2.75) is 31.8 Å². The monoisotopic (exact) mass is 295 g/mol. The van der Waals surface area contributed by atoms with Gasteiger partial charge in [0, 0.05) is 12.2 Å². The average Bonchev–Trinajstić information content (AvgIpc) is 3.16. The highest BCUT2D eigenvalue weighted by Crippen LogP contribution is 2.37. The van der Waals surface area contributed by atoms with Crippen LogP contribution in [-0.2, 0) is 9.59 Å². The van der Waals surface area contributed by atoms with E-state index in [1.54, 1.807) is 19.2 Å². The zero-order chi connectivity index (χ0) is 14.4. The SMILES string of the molecule is CC1C(=O)NC(=O)CN1C(=O)c1cc(Cl)cn1C1CC1. The number of rotatable bonds is 2. The first-order valence-corrected chi connectivity index (χ1v) is 6.87. The molecule has 1 aliphatic carbocycles. The number of carbonyl (C=O) groups excluding carboxylic acids is 3. The standard InChI is InChI=1S/C13H14ClN3O3/c1-7-12(19)15-11(18)6-16(7)13(20)10-4-8(14)5-17(10)9-2-3-9/h4-5,7,9H,2-3,6H2,1H3,(H,15,18,19). The second-order valence-corrected chi connectivity index (χ2v) is 5.64. The van der Waals surface area contributed by atoms with Crippen LogP contribution in [0.15, 0.2) is 12.3 Å². The zero-order valence-electron chi connectivity index (χ0n) is 10.9. The van der Waals surface area contributed by atoms with Crippen LogP contribution in [0, 0.1) is 0 Å². The maximum atomic E-state index is 12.6. The minimum Gasteiger partial charge on any atom is -0.339 e. The number of aromatic nitrogens is 1. The van der Waals surface area contributed by atoms with Crippen LogP contribution >= 0.6 is 11.6 Å². The molecule has 6 nitrogen and oxygen atoms in total. The van der Waals surface area contributed by atoms with E-state index in [0.717, 1.165) is 12.8 Å². The molecule has 2 aliphatic rings. The summed E-state index contributed by atoms with van der Waals surface area (Å²) in [5, 5.41) is 2.70. The quantitative estimate of drug-likeness (QED) is 0.826. The first-order valence-electron chi connectivity index (χ1n) is 6.49. The molecule has 1 aromatic heterocycles. The second-order valence-electron chi connectivity index (χ2n) is 5.20. The molecule has 1 unspecified atom stereocenters. The summed E-state index contributed by atoms with van der Waals surface area (Å²) in [5.41, 5.74) is 0.437. The van der Waals surface area contributed by atoms with Gasteiger partial charge in [-0.3, -0.25) is 19.7 Å². The molecule has 2 heterocycles. The Bertz CT molecular complexity index is 606. The van der Waals surface area contributed by atoms with Crippen LogP contribution in [0.3, 0.4) is 0 Å². The molecule has 0 spiro atoms. The van der Waals surface area contributed by atoms with Crippen LogP contribution in [0.1, 0.15) is 36.3 Å². The molecule has 0 aromatic carbocycles. The normalized spacial score (nSPS) is 22.9. The van der Waals surface area contributed by atoms with Crippen LogP contribution in [0.4, 0.5) is 0 Å². The van der Waals surface area contributed by atoms with Crippen molar-refractivity contribution in [3.05, 3.63) is 23.0 Å². The highest BCUT2D eigenvalue weighted by atomic mass is 35.5. The molecule has 1 aromatic rings. The number of nitrogens with zero attached hydrogens (tertiary/aromatic N) is 2. The molecule has 7 heteroatoms. The molecular weight excluding hydrogens is 282 g/mol. The summed E-state index contributed by atoms with van der Waals surface area (Å²) >= 11 is 5.98. The van der Waals surface area contributed by atoms with E-state index in [2.05, 4.69) is 5.32 Å². The van der Waals surface area contributed by atoms with Gasteiger partial charge in [-0.2, -0.15) is 0 Å². The summed E-state index contributed by atoms with van der Waals surface area (Å²) in [6.07, 6.45) is 3.75. The summed E-state index contributed by atoms with van der Waals surface area (Å²) in [7, 11) is 0. The predicted molar refractivity (Wildman–Crippen MR) is 71.4 cm³/mol. The molecule has 1 saturated carbocycles. The molecule has 0 bridgehead atoms. The molecule has 2 fully saturated rings. The number of imide groups is 1. The number of piperazine rings is 1. The third kappa shape index (κ3) is 2.20. The molecule has 3 amide bonds. The lowest BCUT2D eigenvalue weighted by Crippen LogP contribution is -2.58. The smallest absolute Gasteiger partial charge is 0.271 e.